The van der Waals surface area contributed by atoms with Crippen molar-refractivity contribution in [3.63, 3.8) is 0 Å². The number of aromatic nitrogens is 2. The molecule has 0 saturated carbocycles. The third kappa shape index (κ3) is 2.99. The van der Waals surface area contributed by atoms with Crippen LogP contribution in [0.15, 0.2) is 28.7 Å². The van der Waals surface area contributed by atoms with Gasteiger partial charge in [0.2, 0.25) is 0 Å². The number of aryl methyl sites for hydroxylation is 1. The summed E-state index contributed by atoms with van der Waals surface area (Å²) in [5.74, 6) is 0.843. The van der Waals surface area contributed by atoms with Gasteiger partial charge in [-0.2, -0.15) is 5.10 Å². The van der Waals surface area contributed by atoms with Crippen LogP contribution < -0.4 is 10.5 Å². The Balaban J connectivity index is 2.61. The minimum Gasteiger partial charge on any atom is -0.496 e. The topological polar surface area (TPSA) is 53.1 Å². The molecule has 2 aromatic rings. The predicted molar refractivity (Wildman–Crippen MR) is 88.8 cm³/mol. The Kier molecular flexibility index (Phi) is 5.06. The Labute approximate surface area is 134 Å². The Morgan fingerprint density at radius 3 is 2.52 bits per heavy atom. The molecule has 0 radical (unpaired) electrons. The van der Waals surface area contributed by atoms with E-state index in [2.05, 4.69) is 40.9 Å². The van der Waals surface area contributed by atoms with Gasteiger partial charge in [0.05, 0.1) is 29.0 Å². The van der Waals surface area contributed by atoms with Crippen molar-refractivity contribution in [2.45, 2.75) is 39.3 Å². The number of rotatable bonds is 5. The fraction of sp³-hybridized carbons (Fsp3) is 0.438. The molecule has 0 aliphatic heterocycles. The lowest BCUT2D eigenvalue weighted by Gasteiger charge is -2.26. The van der Waals surface area contributed by atoms with Crippen LogP contribution in [-0.2, 0) is 0 Å². The summed E-state index contributed by atoms with van der Waals surface area (Å²) >= 11 is 3.59. The first-order valence-corrected chi connectivity index (χ1v) is 7.90. The molecule has 21 heavy (non-hydrogen) atoms. The van der Waals surface area contributed by atoms with Crippen LogP contribution >= 0.6 is 15.9 Å². The summed E-state index contributed by atoms with van der Waals surface area (Å²) in [4.78, 5) is 0. The summed E-state index contributed by atoms with van der Waals surface area (Å²) in [7, 11) is 1.68. The van der Waals surface area contributed by atoms with Crippen molar-refractivity contribution in [1.29, 1.82) is 0 Å². The molecule has 0 spiro atoms. The number of hydrogen-bond donors (Lipinski definition) is 1. The minimum atomic E-state index is -0.0452. The zero-order valence-corrected chi connectivity index (χ0v) is 14.5. The van der Waals surface area contributed by atoms with Crippen LogP contribution in [0.25, 0.3) is 0 Å². The molecule has 5 heteroatoms. The Morgan fingerprint density at radius 1 is 1.33 bits per heavy atom. The SMILES string of the molecule is CCC(N)C(c1ccccc1OC)n1nc(C)c(Br)c1C. The van der Waals surface area contributed by atoms with E-state index in [-0.39, 0.29) is 12.1 Å². The number of methoxy groups -OCH3 is 1. The summed E-state index contributed by atoms with van der Waals surface area (Å²) in [6.45, 7) is 6.13. The summed E-state index contributed by atoms with van der Waals surface area (Å²) in [6.07, 6.45) is 0.860. The van der Waals surface area contributed by atoms with E-state index in [0.717, 1.165) is 33.6 Å². The Bertz CT molecular complexity index is 624. The van der Waals surface area contributed by atoms with E-state index in [1.54, 1.807) is 7.11 Å². The van der Waals surface area contributed by atoms with Crippen LogP contribution in [0.1, 0.15) is 36.3 Å². The molecule has 2 unspecified atom stereocenters. The van der Waals surface area contributed by atoms with Gasteiger partial charge in [0, 0.05) is 11.6 Å². The van der Waals surface area contributed by atoms with Crippen molar-refractivity contribution in [2.24, 2.45) is 5.73 Å². The second-order valence-corrected chi connectivity index (χ2v) is 5.98. The molecule has 1 aromatic carbocycles. The van der Waals surface area contributed by atoms with E-state index in [1.165, 1.54) is 0 Å². The normalized spacial score (nSPS) is 14.0. The van der Waals surface area contributed by atoms with E-state index in [9.17, 15) is 0 Å². The van der Waals surface area contributed by atoms with Gasteiger partial charge in [-0.05, 0) is 42.3 Å². The molecule has 0 aliphatic rings. The average Bonchev–Trinajstić information content (AvgIpc) is 2.75. The van der Waals surface area contributed by atoms with E-state index in [1.807, 2.05) is 29.8 Å². The summed E-state index contributed by atoms with van der Waals surface area (Å²) in [5, 5.41) is 4.67. The van der Waals surface area contributed by atoms with E-state index < -0.39 is 0 Å². The van der Waals surface area contributed by atoms with Gasteiger partial charge >= 0.3 is 0 Å². The highest BCUT2D eigenvalue weighted by atomic mass is 79.9. The number of hydrogen-bond acceptors (Lipinski definition) is 3. The number of para-hydroxylation sites is 1. The lowest BCUT2D eigenvalue weighted by atomic mass is 9.97. The Hall–Kier alpha value is -1.33. The quantitative estimate of drug-likeness (QED) is 0.895. The number of ether oxygens (including phenoxy) is 1. The largest absolute Gasteiger partial charge is 0.496 e. The fourth-order valence-electron chi connectivity index (χ4n) is 2.59. The maximum Gasteiger partial charge on any atom is 0.124 e. The van der Waals surface area contributed by atoms with Crippen LogP contribution in [-0.4, -0.2) is 22.9 Å². The van der Waals surface area contributed by atoms with Crippen LogP contribution in [0.4, 0.5) is 0 Å². The van der Waals surface area contributed by atoms with Crippen molar-refractivity contribution in [1.82, 2.24) is 9.78 Å². The first-order chi connectivity index (χ1) is 10.0. The molecule has 0 amide bonds. The van der Waals surface area contributed by atoms with Crippen molar-refractivity contribution < 1.29 is 4.74 Å². The highest BCUT2D eigenvalue weighted by molar-refractivity contribution is 9.10. The molecule has 1 aromatic heterocycles. The van der Waals surface area contributed by atoms with Crippen molar-refractivity contribution in [3.05, 3.63) is 45.7 Å². The van der Waals surface area contributed by atoms with Gasteiger partial charge in [-0.15, -0.1) is 0 Å². The molecule has 0 aliphatic carbocycles. The first kappa shape index (κ1) is 16.0. The van der Waals surface area contributed by atoms with Crippen LogP contribution in [0, 0.1) is 13.8 Å². The predicted octanol–water partition coefficient (Wildman–Crippen LogP) is 3.60. The molecule has 2 N–H and O–H groups in total. The molecule has 0 bridgehead atoms. The molecular weight excluding hydrogens is 330 g/mol. The monoisotopic (exact) mass is 351 g/mol. The molecule has 2 rings (SSSR count). The molecule has 2 atom stereocenters. The zero-order chi connectivity index (χ0) is 15.6. The summed E-state index contributed by atoms with van der Waals surface area (Å²) in [6, 6.07) is 7.92. The van der Waals surface area contributed by atoms with Gasteiger partial charge in [-0.3, -0.25) is 4.68 Å². The zero-order valence-electron chi connectivity index (χ0n) is 12.9. The maximum atomic E-state index is 6.40. The molecule has 114 valence electrons. The van der Waals surface area contributed by atoms with E-state index in [4.69, 9.17) is 10.5 Å². The van der Waals surface area contributed by atoms with E-state index >= 15 is 0 Å². The average molecular weight is 352 g/mol. The first-order valence-electron chi connectivity index (χ1n) is 7.10. The Morgan fingerprint density at radius 2 is 2.00 bits per heavy atom. The maximum absolute atomic E-state index is 6.40. The van der Waals surface area contributed by atoms with Crippen molar-refractivity contribution >= 4 is 15.9 Å². The lowest BCUT2D eigenvalue weighted by molar-refractivity contribution is 0.372. The smallest absolute Gasteiger partial charge is 0.124 e. The number of benzene rings is 1. The summed E-state index contributed by atoms with van der Waals surface area (Å²) in [5.41, 5.74) is 9.51. The van der Waals surface area contributed by atoms with Gasteiger partial charge in [0.25, 0.3) is 0 Å². The molecular formula is C16H22BrN3O. The fourth-order valence-corrected chi connectivity index (χ4v) is 2.85. The number of nitrogens with two attached hydrogens (primary N) is 1. The van der Waals surface area contributed by atoms with Crippen molar-refractivity contribution in [3.8, 4) is 5.75 Å². The molecule has 0 saturated heterocycles. The third-order valence-corrected chi connectivity index (χ3v) is 4.98. The highest BCUT2D eigenvalue weighted by Crippen LogP contribution is 2.33. The van der Waals surface area contributed by atoms with Gasteiger partial charge in [0.1, 0.15) is 5.75 Å². The van der Waals surface area contributed by atoms with Crippen molar-refractivity contribution in [2.75, 3.05) is 7.11 Å². The van der Waals surface area contributed by atoms with E-state index in [0.29, 0.717) is 0 Å². The minimum absolute atomic E-state index is 0.0359. The molecule has 4 nitrogen and oxygen atoms in total. The lowest BCUT2D eigenvalue weighted by Crippen LogP contribution is -2.34. The van der Waals surface area contributed by atoms with Gasteiger partial charge in [0.15, 0.2) is 0 Å². The number of nitrogens with zero attached hydrogens (tertiary/aromatic N) is 2. The third-order valence-electron chi connectivity index (χ3n) is 3.83. The van der Waals surface area contributed by atoms with Crippen LogP contribution in [0.3, 0.4) is 0 Å². The standard InChI is InChI=1S/C16H22BrN3O/c1-5-13(18)16(12-8-6-7-9-14(12)21-4)20-11(3)15(17)10(2)19-20/h6-9,13,16H,5,18H2,1-4H3. The highest BCUT2D eigenvalue weighted by Gasteiger charge is 2.27. The molecule has 0 fully saturated rings. The summed E-state index contributed by atoms with van der Waals surface area (Å²) < 4.78 is 8.55. The van der Waals surface area contributed by atoms with Crippen LogP contribution in [0.2, 0.25) is 0 Å². The van der Waals surface area contributed by atoms with Gasteiger partial charge < -0.3 is 10.5 Å². The van der Waals surface area contributed by atoms with Crippen LogP contribution in [0.5, 0.6) is 5.75 Å². The second kappa shape index (κ2) is 6.62. The van der Waals surface area contributed by atoms with Gasteiger partial charge in [-0.1, -0.05) is 25.1 Å². The van der Waals surface area contributed by atoms with Gasteiger partial charge in [-0.25, -0.2) is 0 Å². The number of halogens is 1. The second-order valence-electron chi connectivity index (χ2n) is 5.19. The molecule has 1 heterocycles.